The van der Waals surface area contributed by atoms with Crippen molar-refractivity contribution >= 4 is 5.91 Å². The molecule has 20 heavy (non-hydrogen) atoms. The largest absolute Gasteiger partial charge is 0.336 e. The number of hydrogen-bond donors (Lipinski definition) is 1. The molecule has 2 bridgehead atoms. The summed E-state index contributed by atoms with van der Waals surface area (Å²) in [6.07, 6.45) is 3.28. The summed E-state index contributed by atoms with van der Waals surface area (Å²) in [6, 6.07) is 4.11. The van der Waals surface area contributed by atoms with Crippen LogP contribution in [0.1, 0.15) is 31.2 Å². The summed E-state index contributed by atoms with van der Waals surface area (Å²) in [5.74, 6) is -1.49. The highest BCUT2D eigenvalue weighted by molar-refractivity contribution is 5.80. The van der Waals surface area contributed by atoms with Gasteiger partial charge in [-0.2, -0.15) is 0 Å². The van der Waals surface area contributed by atoms with Gasteiger partial charge >= 0.3 is 0 Å². The van der Waals surface area contributed by atoms with Gasteiger partial charge in [0.25, 0.3) is 0 Å². The number of fused-ring (bicyclic) bond motifs is 2. The first-order valence-corrected chi connectivity index (χ1v) is 7.06. The lowest BCUT2D eigenvalue weighted by Crippen LogP contribution is -2.50. The average Bonchev–Trinajstić information content (AvgIpc) is 2.66. The Morgan fingerprint density at radius 1 is 1.20 bits per heavy atom. The molecule has 0 aliphatic carbocycles. The van der Waals surface area contributed by atoms with Crippen molar-refractivity contribution in [1.82, 2.24) is 4.90 Å². The predicted molar refractivity (Wildman–Crippen MR) is 70.9 cm³/mol. The van der Waals surface area contributed by atoms with E-state index in [1.807, 2.05) is 4.90 Å². The van der Waals surface area contributed by atoms with Gasteiger partial charge in [0.15, 0.2) is 0 Å². The number of amides is 1. The maximum absolute atomic E-state index is 13.6. The highest BCUT2D eigenvalue weighted by Crippen LogP contribution is 2.35. The quantitative estimate of drug-likeness (QED) is 0.900. The summed E-state index contributed by atoms with van der Waals surface area (Å²) in [7, 11) is 0. The number of benzene rings is 1. The maximum atomic E-state index is 13.6. The summed E-state index contributed by atoms with van der Waals surface area (Å²) in [4.78, 5) is 14.2. The Balaban J connectivity index is 1.77. The Morgan fingerprint density at radius 3 is 2.30 bits per heavy atom. The van der Waals surface area contributed by atoms with Gasteiger partial charge in [0.05, 0.1) is 6.42 Å². The van der Waals surface area contributed by atoms with Crippen molar-refractivity contribution < 1.29 is 13.6 Å². The Labute approximate surface area is 116 Å². The molecule has 0 spiro atoms. The minimum atomic E-state index is -0.653. The number of carbonyl (C=O) groups excluding carboxylic acids is 1. The second kappa shape index (κ2) is 5.13. The van der Waals surface area contributed by atoms with Crippen LogP contribution in [0.3, 0.4) is 0 Å². The van der Waals surface area contributed by atoms with Crippen LogP contribution in [0.4, 0.5) is 8.78 Å². The highest BCUT2D eigenvalue weighted by Gasteiger charge is 2.42. The van der Waals surface area contributed by atoms with Gasteiger partial charge in [-0.25, -0.2) is 8.78 Å². The molecule has 5 heteroatoms. The van der Waals surface area contributed by atoms with E-state index in [0.29, 0.717) is 0 Å². The van der Waals surface area contributed by atoms with Crippen LogP contribution in [0.2, 0.25) is 0 Å². The standard InChI is InChI=1S/C15H18F2N2O/c16-13-2-1-3-14(17)12(13)8-15(20)19-10-4-5-11(19)7-9(18)6-10/h1-3,9-11H,4-8,18H2. The van der Waals surface area contributed by atoms with Crippen LogP contribution in [0.15, 0.2) is 18.2 Å². The normalized spacial score (nSPS) is 28.8. The zero-order chi connectivity index (χ0) is 14.3. The molecule has 3 nitrogen and oxygen atoms in total. The first-order chi connectivity index (χ1) is 9.56. The van der Waals surface area contributed by atoms with E-state index < -0.39 is 11.6 Å². The topological polar surface area (TPSA) is 46.3 Å². The second-order valence-electron chi connectivity index (χ2n) is 5.79. The fourth-order valence-electron chi connectivity index (χ4n) is 3.57. The Bertz CT molecular complexity index is 500. The van der Waals surface area contributed by atoms with Gasteiger partial charge in [-0.1, -0.05) is 6.07 Å². The number of rotatable bonds is 2. The van der Waals surface area contributed by atoms with Crippen LogP contribution in [-0.4, -0.2) is 28.9 Å². The molecule has 2 fully saturated rings. The molecule has 2 aliphatic heterocycles. The molecular formula is C15H18F2N2O. The van der Waals surface area contributed by atoms with E-state index >= 15 is 0 Å². The molecule has 2 N–H and O–H groups in total. The number of nitrogens with zero attached hydrogens (tertiary/aromatic N) is 1. The van der Waals surface area contributed by atoms with Gasteiger partial charge in [0.2, 0.25) is 5.91 Å². The molecule has 2 saturated heterocycles. The van der Waals surface area contributed by atoms with Crippen LogP contribution in [-0.2, 0) is 11.2 Å². The van der Waals surface area contributed by atoms with Crippen molar-refractivity contribution in [2.45, 2.75) is 50.2 Å². The zero-order valence-corrected chi connectivity index (χ0v) is 11.2. The van der Waals surface area contributed by atoms with Gasteiger partial charge in [0, 0.05) is 23.7 Å². The van der Waals surface area contributed by atoms with Crippen LogP contribution < -0.4 is 5.73 Å². The molecular weight excluding hydrogens is 262 g/mol. The Morgan fingerprint density at radius 2 is 1.75 bits per heavy atom. The predicted octanol–water partition coefficient (Wildman–Crippen LogP) is 1.99. The SMILES string of the molecule is NC1CC2CCC(C1)N2C(=O)Cc1c(F)cccc1F. The van der Waals surface area contributed by atoms with E-state index in [1.165, 1.54) is 18.2 Å². The minimum Gasteiger partial charge on any atom is -0.336 e. The molecule has 1 amide bonds. The molecule has 1 aromatic carbocycles. The second-order valence-corrected chi connectivity index (χ2v) is 5.79. The van der Waals surface area contributed by atoms with Gasteiger partial charge in [-0.15, -0.1) is 0 Å². The van der Waals surface area contributed by atoms with E-state index in [0.717, 1.165) is 25.7 Å². The first-order valence-electron chi connectivity index (χ1n) is 7.06. The van der Waals surface area contributed by atoms with Gasteiger partial charge in [-0.05, 0) is 37.8 Å². The minimum absolute atomic E-state index is 0.133. The van der Waals surface area contributed by atoms with Gasteiger partial charge in [0.1, 0.15) is 11.6 Å². The molecule has 2 aliphatic rings. The zero-order valence-electron chi connectivity index (χ0n) is 11.2. The number of hydrogen-bond acceptors (Lipinski definition) is 2. The van der Waals surface area contributed by atoms with Crippen molar-refractivity contribution in [2.75, 3.05) is 0 Å². The smallest absolute Gasteiger partial charge is 0.227 e. The number of nitrogens with two attached hydrogens (primary N) is 1. The molecule has 1 aromatic rings. The molecule has 0 aromatic heterocycles. The third-order valence-electron chi connectivity index (χ3n) is 4.45. The molecule has 108 valence electrons. The van der Waals surface area contributed by atoms with Gasteiger partial charge in [-0.3, -0.25) is 4.79 Å². The summed E-state index contributed by atoms with van der Waals surface area (Å²) < 4.78 is 27.2. The van der Waals surface area contributed by atoms with Crippen molar-refractivity contribution in [3.8, 4) is 0 Å². The van der Waals surface area contributed by atoms with E-state index in [4.69, 9.17) is 5.73 Å². The summed E-state index contributed by atoms with van der Waals surface area (Å²) >= 11 is 0. The van der Waals surface area contributed by atoms with Crippen LogP contribution in [0.25, 0.3) is 0 Å². The Hall–Kier alpha value is -1.49. The average molecular weight is 280 g/mol. The van der Waals surface area contributed by atoms with Crippen molar-refractivity contribution in [2.24, 2.45) is 5.73 Å². The van der Waals surface area contributed by atoms with E-state index in [9.17, 15) is 13.6 Å². The summed E-state index contributed by atoms with van der Waals surface area (Å²) in [5.41, 5.74) is 5.83. The fraction of sp³-hybridized carbons (Fsp3) is 0.533. The van der Waals surface area contributed by atoms with Crippen LogP contribution >= 0.6 is 0 Å². The summed E-state index contributed by atoms with van der Waals surface area (Å²) in [5, 5.41) is 0. The fourth-order valence-corrected chi connectivity index (χ4v) is 3.57. The van der Waals surface area contributed by atoms with Crippen molar-refractivity contribution in [3.05, 3.63) is 35.4 Å². The molecule has 3 rings (SSSR count). The lowest BCUT2D eigenvalue weighted by molar-refractivity contribution is -0.135. The lowest BCUT2D eigenvalue weighted by atomic mass is 9.97. The highest BCUT2D eigenvalue weighted by atomic mass is 19.1. The number of carbonyl (C=O) groups is 1. The first kappa shape index (κ1) is 13.5. The maximum Gasteiger partial charge on any atom is 0.227 e. The van der Waals surface area contributed by atoms with Gasteiger partial charge < -0.3 is 10.6 Å². The van der Waals surface area contributed by atoms with Crippen LogP contribution in [0, 0.1) is 11.6 Å². The molecule has 2 heterocycles. The third-order valence-corrected chi connectivity index (χ3v) is 4.45. The lowest BCUT2D eigenvalue weighted by Gasteiger charge is -2.37. The molecule has 2 unspecified atom stereocenters. The molecule has 0 radical (unpaired) electrons. The molecule has 0 saturated carbocycles. The van der Waals surface area contributed by atoms with Crippen molar-refractivity contribution in [3.63, 3.8) is 0 Å². The van der Waals surface area contributed by atoms with Crippen LogP contribution in [0.5, 0.6) is 0 Å². The number of piperidine rings is 1. The monoisotopic (exact) mass is 280 g/mol. The Kier molecular flexibility index (Phi) is 3.46. The van der Waals surface area contributed by atoms with Crippen molar-refractivity contribution in [1.29, 1.82) is 0 Å². The molecule has 2 atom stereocenters. The third kappa shape index (κ3) is 2.30. The van der Waals surface area contributed by atoms with E-state index in [-0.39, 0.29) is 36.0 Å². The van der Waals surface area contributed by atoms with E-state index in [1.54, 1.807) is 0 Å². The van der Waals surface area contributed by atoms with E-state index in [2.05, 4.69) is 0 Å². The number of halogens is 2. The summed E-state index contributed by atoms with van der Waals surface area (Å²) in [6.45, 7) is 0.